The first-order valence-electron chi connectivity index (χ1n) is 8.75. The fraction of sp³-hybridized carbons (Fsp3) is 0.316. The second-order valence-electron chi connectivity index (χ2n) is 6.70. The molecule has 2 N–H and O–H groups in total. The highest BCUT2D eigenvalue weighted by molar-refractivity contribution is 5.82. The summed E-state index contributed by atoms with van der Waals surface area (Å²) in [6.45, 7) is 1.30. The van der Waals surface area contributed by atoms with Crippen molar-refractivity contribution >= 4 is 16.8 Å². The lowest BCUT2D eigenvalue weighted by molar-refractivity contribution is -0.132. The maximum atomic E-state index is 12.7. The number of likely N-dealkylation sites (N-methyl/N-ethyl adjacent to an activating group) is 1. The molecule has 1 aromatic carbocycles. The number of nitrogens with zero attached hydrogens (tertiary/aromatic N) is 4. The number of benzene rings is 1. The minimum Gasteiger partial charge on any atom is -0.346 e. The molecule has 1 aliphatic heterocycles. The molecule has 0 radical (unpaired) electrons. The summed E-state index contributed by atoms with van der Waals surface area (Å²) in [6.07, 6.45) is 6.04. The van der Waals surface area contributed by atoms with Crippen molar-refractivity contribution in [1.82, 2.24) is 30.3 Å². The van der Waals surface area contributed by atoms with Crippen LogP contribution in [0.1, 0.15) is 12.1 Å². The van der Waals surface area contributed by atoms with Crippen LogP contribution in [0.4, 0.5) is 0 Å². The topological polar surface area (TPSA) is 75.1 Å². The third kappa shape index (κ3) is 3.44. The van der Waals surface area contributed by atoms with Crippen LogP contribution in [0.15, 0.2) is 55.1 Å². The highest BCUT2D eigenvalue weighted by Crippen LogP contribution is 2.18. The Balaban J connectivity index is 1.36. The van der Waals surface area contributed by atoms with E-state index >= 15 is 0 Å². The van der Waals surface area contributed by atoms with Crippen molar-refractivity contribution < 1.29 is 4.79 Å². The summed E-state index contributed by atoms with van der Waals surface area (Å²) < 4.78 is 2.23. The van der Waals surface area contributed by atoms with E-state index in [1.165, 1.54) is 17.2 Å². The third-order valence-corrected chi connectivity index (χ3v) is 4.80. The number of fused-ring (bicyclic) bond motifs is 1. The number of hydrazine groups is 1. The average molecular weight is 350 g/mol. The first kappa shape index (κ1) is 16.7. The lowest BCUT2D eigenvalue weighted by atomic mass is 10.1. The number of para-hydroxylation sites is 1. The van der Waals surface area contributed by atoms with Crippen molar-refractivity contribution in [3.63, 3.8) is 0 Å². The first-order valence-corrected chi connectivity index (χ1v) is 8.75. The number of hydrogen-bond acceptors (Lipinski definition) is 5. The van der Waals surface area contributed by atoms with Gasteiger partial charge in [-0.3, -0.25) is 10.2 Å². The highest BCUT2D eigenvalue weighted by atomic mass is 16.2. The van der Waals surface area contributed by atoms with Crippen molar-refractivity contribution in [1.29, 1.82) is 0 Å². The third-order valence-electron chi connectivity index (χ3n) is 4.80. The standard InChI is InChI=1S/C19H22N6O/c1-24(11-15-6-8-20-13-21-15)19(26)17-10-16(22-23-17)12-25-9-7-14-4-2-3-5-18(14)25/h2-9,13,16-17,22-23H,10-12H2,1H3. The Morgan fingerprint density at radius 1 is 1.27 bits per heavy atom. The molecule has 4 rings (SSSR count). The van der Waals surface area contributed by atoms with Crippen LogP contribution < -0.4 is 10.9 Å². The molecule has 3 heterocycles. The Labute approximate surface area is 152 Å². The summed E-state index contributed by atoms with van der Waals surface area (Å²) in [7, 11) is 1.80. The molecule has 0 bridgehead atoms. The molecule has 134 valence electrons. The van der Waals surface area contributed by atoms with Crippen molar-refractivity contribution in [3.05, 3.63) is 60.8 Å². The molecule has 0 aliphatic carbocycles. The summed E-state index contributed by atoms with van der Waals surface area (Å²) in [6, 6.07) is 12.2. The fourth-order valence-electron chi connectivity index (χ4n) is 3.44. The number of hydrogen-bond donors (Lipinski definition) is 2. The zero-order valence-electron chi connectivity index (χ0n) is 14.7. The smallest absolute Gasteiger partial charge is 0.241 e. The van der Waals surface area contributed by atoms with Crippen LogP contribution in [0.25, 0.3) is 10.9 Å². The fourth-order valence-corrected chi connectivity index (χ4v) is 3.44. The van der Waals surface area contributed by atoms with Gasteiger partial charge in [-0.2, -0.15) is 0 Å². The molecule has 7 heteroatoms. The zero-order valence-corrected chi connectivity index (χ0v) is 14.7. The molecule has 1 aliphatic rings. The highest BCUT2D eigenvalue weighted by Gasteiger charge is 2.31. The van der Waals surface area contributed by atoms with Gasteiger partial charge in [0.2, 0.25) is 5.91 Å². The van der Waals surface area contributed by atoms with E-state index in [1.54, 1.807) is 18.1 Å². The van der Waals surface area contributed by atoms with E-state index in [1.807, 2.05) is 18.2 Å². The van der Waals surface area contributed by atoms with Crippen LogP contribution in [-0.2, 0) is 17.9 Å². The van der Waals surface area contributed by atoms with Gasteiger partial charge in [0.15, 0.2) is 0 Å². The van der Waals surface area contributed by atoms with Crippen molar-refractivity contribution in [2.75, 3.05) is 7.05 Å². The number of amides is 1. The van der Waals surface area contributed by atoms with Crippen LogP contribution in [0.2, 0.25) is 0 Å². The summed E-state index contributed by atoms with van der Waals surface area (Å²) in [5.74, 6) is 0.0657. The van der Waals surface area contributed by atoms with Crippen LogP contribution in [-0.4, -0.2) is 44.5 Å². The van der Waals surface area contributed by atoms with Gasteiger partial charge in [-0.15, -0.1) is 0 Å². The molecule has 0 spiro atoms. The molecule has 7 nitrogen and oxygen atoms in total. The van der Waals surface area contributed by atoms with Gasteiger partial charge in [0.25, 0.3) is 0 Å². The predicted octanol–water partition coefficient (Wildman–Crippen LogP) is 1.32. The quantitative estimate of drug-likeness (QED) is 0.726. The summed E-state index contributed by atoms with van der Waals surface area (Å²) >= 11 is 0. The van der Waals surface area contributed by atoms with Gasteiger partial charge in [-0.1, -0.05) is 18.2 Å². The van der Waals surface area contributed by atoms with Crippen LogP contribution >= 0.6 is 0 Å². The Kier molecular flexibility index (Phi) is 4.64. The van der Waals surface area contributed by atoms with E-state index in [2.05, 4.69) is 49.8 Å². The number of rotatable bonds is 5. The van der Waals surface area contributed by atoms with Gasteiger partial charge < -0.3 is 9.47 Å². The molecule has 2 unspecified atom stereocenters. The van der Waals surface area contributed by atoms with Crippen LogP contribution in [0, 0.1) is 0 Å². The maximum absolute atomic E-state index is 12.7. The van der Waals surface area contributed by atoms with Gasteiger partial charge in [-0.05, 0) is 30.0 Å². The molecule has 26 heavy (non-hydrogen) atoms. The van der Waals surface area contributed by atoms with E-state index in [0.29, 0.717) is 6.54 Å². The molecular weight excluding hydrogens is 328 g/mol. The Bertz CT molecular complexity index is 893. The SMILES string of the molecule is CN(Cc1ccncn1)C(=O)C1CC(Cn2ccc3ccccc32)NN1. The summed E-state index contributed by atoms with van der Waals surface area (Å²) in [5, 5.41) is 1.23. The van der Waals surface area contributed by atoms with Crippen molar-refractivity contribution in [2.45, 2.75) is 31.6 Å². The molecule has 1 amide bonds. The second-order valence-corrected chi connectivity index (χ2v) is 6.70. The van der Waals surface area contributed by atoms with E-state index in [9.17, 15) is 4.79 Å². The van der Waals surface area contributed by atoms with Crippen LogP contribution in [0.3, 0.4) is 0 Å². The number of nitrogens with one attached hydrogen (secondary N) is 2. The molecule has 3 aromatic rings. The van der Waals surface area contributed by atoms with Gasteiger partial charge in [0, 0.05) is 37.5 Å². The first-order chi connectivity index (χ1) is 12.7. The number of carbonyl (C=O) groups is 1. The molecule has 0 saturated carbocycles. The van der Waals surface area contributed by atoms with Crippen molar-refractivity contribution in [3.8, 4) is 0 Å². The van der Waals surface area contributed by atoms with Gasteiger partial charge >= 0.3 is 0 Å². The normalized spacial score (nSPS) is 19.7. The number of carbonyl (C=O) groups excluding carboxylic acids is 1. The zero-order chi connectivity index (χ0) is 17.9. The predicted molar refractivity (Wildman–Crippen MR) is 98.9 cm³/mol. The monoisotopic (exact) mass is 350 g/mol. The summed E-state index contributed by atoms with van der Waals surface area (Å²) in [4.78, 5) is 22.5. The van der Waals surface area contributed by atoms with E-state index in [4.69, 9.17) is 0 Å². The number of aromatic nitrogens is 3. The molecule has 1 fully saturated rings. The Hall–Kier alpha value is -2.77. The second kappa shape index (κ2) is 7.23. The average Bonchev–Trinajstić information content (AvgIpc) is 3.30. The Morgan fingerprint density at radius 3 is 3.00 bits per heavy atom. The lowest BCUT2D eigenvalue weighted by Crippen LogP contribution is -2.44. The lowest BCUT2D eigenvalue weighted by Gasteiger charge is -2.20. The minimum atomic E-state index is -0.228. The Morgan fingerprint density at radius 2 is 2.15 bits per heavy atom. The van der Waals surface area contributed by atoms with E-state index < -0.39 is 0 Å². The molecule has 1 saturated heterocycles. The molecular formula is C19H22N6O. The largest absolute Gasteiger partial charge is 0.346 e. The van der Waals surface area contributed by atoms with Crippen molar-refractivity contribution in [2.24, 2.45) is 0 Å². The summed E-state index contributed by atoms with van der Waals surface area (Å²) in [5.41, 5.74) is 8.46. The van der Waals surface area contributed by atoms with Gasteiger partial charge in [-0.25, -0.2) is 15.4 Å². The molecule has 2 aromatic heterocycles. The van der Waals surface area contributed by atoms with E-state index in [0.717, 1.165) is 18.7 Å². The minimum absolute atomic E-state index is 0.0657. The van der Waals surface area contributed by atoms with Gasteiger partial charge in [0.05, 0.1) is 12.2 Å². The van der Waals surface area contributed by atoms with Gasteiger partial charge in [0.1, 0.15) is 12.4 Å². The van der Waals surface area contributed by atoms with E-state index in [-0.39, 0.29) is 18.0 Å². The molecule has 2 atom stereocenters. The van der Waals surface area contributed by atoms with Crippen LogP contribution in [0.5, 0.6) is 0 Å². The maximum Gasteiger partial charge on any atom is 0.241 e.